The van der Waals surface area contributed by atoms with Gasteiger partial charge in [0.05, 0.1) is 18.1 Å². The second-order valence-corrected chi connectivity index (χ2v) is 6.03. The summed E-state index contributed by atoms with van der Waals surface area (Å²) < 4.78 is 4.97. The summed E-state index contributed by atoms with van der Waals surface area (Å²) in [5.74, 6) is -0.437. The Labute approximate surface area is 169 Å². The fourth-order valence-corrected chi connectivity index (χ4v) is 2.77. The molecule has 150 valence electrons. The monoisotopic (exact) mass is 394 g/mol. The zero-order valence-corrected chi connectivity index (χ0v) is 16.5. The lowest BCUT2D eigenvalue weighted by molar-refractivity contribution is -0.384. The van der Waals surface area contributed by atoms with Gasteiger partial charge in [0.25, 0.3) is 11.6 Å². The number of hydrogen-bond donors (Lipinski definition) is 1. The van der Waals surface area contributed by atoms with Crippen LogP contribution in [0.25, 0.3) is 6.08 Å². The number of hydrogen-bond acceptors (Lipinski definition) is 6. The Morgan fingerprint density at radius 1 is 1.24 bits per heavy atom. The summed E-state index contributed by atoms with van der Waals surface area (Å²) in [4.78, 5) is 25.3. The topological polar surface area (TPSA) is 108 Å². The van der Waals surface area contributed by atoms with Crippen LogP contribution in [-0.2, 0) is 4.79 Å². The quantitative estimate of drug-likeness (QED) is 0.314. The molecule has 29 heavy (non-hydrogen) atoms. The molecule has 1 amide bonds. The van der Waals surface area contributed by atoms with E-state index in [1.54, 1.807) is 0 Å². The predicted octanol–water partition coefficient (Wildman–Crippen LogP) is 4.00. The minimum Gasteiger partial charge on any atom is -0.496 e. The number of nitrogens with zero attached hydrogens (tertiary/aromatic N) is 3. The smallest absolute Gasteiger partial charge is 0.296 e. The van der Waals surface area contributed by atoms with Gasteiger partial charge in [0.15, 0.2) is 0 Å². The number of amides is 1. The van der Waals surface area contributed by atoms with Gasteiger partial charge in [0.1, 0.15) is 23.1 Å². The van der Waals surface area contributed by atoms with Crippen LogP contribution in [0.3, 0.4) is 0 Å². The lowest BCUT2D eigenvalue weighted by Gasteiger charge is -2.20. The number of ether oxygens (including phenoxy) is 1. The standard InChI is InChI=1S/C21H22N4O4/c1-4-24(5-2)17-8-6-15(7-9-17)12-16(14-22)21(26)23-19-11-10-18(29-3)13-20(19)25(27)28/h6-13H,4-5H2,1-3H3,(H,23,26). The van der Waals surface area contributed by atoms with Gasteiger partial charge in [-0.2, -0.15) is 5.26 Å². The number of nitro benzene ring substituents is 1. The maximum absolute atomic E-state index is 12.5. The fourth-order valence-electron chi connectivity index (χ4n) is 2.77. The largest absolute Gasteiger partial charge is 0.496 e. The molecule has 0 heterocycles. The van der Waals surface area contributed by atoms with E-state index < -0.39 is 10.8 Å². The van der Waals surface area contributed by atoms with E-state index in [1.165, 1.54) is 31.4 Å². The van der Waals surface area contributed by atoms with Crippen molar-refractivity contribution in [2.45, 2.75) is 13.8 Å². The van der Waals surface area contributed by atoms with Crippen LogP contribution in [0.1, 0.15) is 19.4 Å². The second-order valence-electron chi connectivity index (χ2n) is 6.03. The number of rotatable bonds is 8. The minimum absolute atomic E-state index is 0.0150. The van der Waals surface area contributed by atoms with Crippen LogP contribution in [0.2, 0.25) is 0 Å². The molecule has 0 aliphatic heterocycles. The van der Waals surface area contributed by atoms with Crippen molar-refractivity contribution in [3.63, 3.8) is 0 Å². The van der Waals surface area contributed by atoms with E-state index in [9.17, 15) is 20.2 Å². The zero-order valence-electron chi connectivity index (χ0n) is 16.5. The third kappa shape index (κ3) is 5.32. The van der Waals surface area contributed by atoms with Crippen LogP contribution < -0.4 is 15.0 Å². The van der Waals surface area contributed by atoms with Crippen molar-refractivity contribution in [2.75, 3.05) is 30.4 Å². The molecule has 0 aromatic heterocycles. The molecular formula is C21H22N4O4. The van der Waals surface area contributed by atoms with Crippen LogP contribution in [0.15, 0.2) is 48.0 Å². The number of anilines is 2. The van der Waals surface area contributed by atoms with Crippen molar-refractivity contribution in [3.8, 4) is 11.8 Å². The predicted molar refractivity (Wildman–Crippen MR) is 112 cm³/mol. The molecule has 0 saturated carbocycles. The molecule has 2 aromatic carbocycles. The number of nitro groups is 1. The van der Waals surface area contributed by atoms with Crippen molar-refractivity contribution in [1.29, 1.82) is 5.26 Å². The summed E-state index contributed by atoms with van der Waals surface area (Å²) in [6.45, 7) is 5.87. The first-order valence-electron chi connectivity index (χ1n) is 9.04. The first-order chi connectivity index (χ1) is 13.9. The summed E-state index contributed by atoms with van der Waals surface area (Å²) in [6, 6.07) is 13.4. The highest BCUT2D eigenvalue weighted by Gasteiger charge is 2.19. The molecule has 2 rings (SSSR count). The maximum Gasteiger partial charge on any atom is 0.296 e. The lowest BCUT2D eigenvalue weighted by Crippen LogP contribution is -2.21. The fraction of sp³-hybridized carbons (Fsp3) is 0.238. The Bertz CT molecular complexity index is 958. The number of nitriles is 1. The van der Waals surface area contributed by atoms with Crippen molar-refractivity contribution in [3.05, 3.63) is 63.7 Å². The maximum atomic E-state index is 12.5. The number of methoxy groups -OCH3 is 1. The van der Waals surface area contributed by atoms with Gasteiger partial charge in [-0.05, 0) is 49.8 Å². The van der Waals surface area contributed by atoms with Crippen molar-refractivity contribution < 1.29 is 14.5 Å². The molecule has 0 bridgehead atoms. The van der Waals surface area contributed by atoms with Crippen molar-refractivity contribution >= 4 is 29.0 Å². The number of nitrogens with one attached hydrogen (secondary N) is 1. The van der Waals surface area contributed by atoms with Gasteiger partial charge >= 0.3 is 0 Å². The molecule has 0 saturated heterocycles. The zero-order chi connectivity index (χ0) is 21.4. The summed E-state index contributed by atoms with van der Waals surface area (Å²) in [5.41, 5.74) is 1.23. The Kier molecular flexibility index (Phi) is 7.32. The third-order valence-electron chi connectivity index (χ3n) is 4.35. The highest BCUT2D eigenvalue weighted by atomic mass is 16.6. The van der Waals surface area contributed by atoms with E-state index in [0.717, 1.165) is 18.8 Å². The molecule has 0 atom stereocenters. The van der Waals surface area contributed by atoms with Gasteiger partial charge < -0.3 is 15.0 Å². The molecule has 0 spiro atoms. The van der Waals surface area contributed by atoms with Gasteiger partial charge in [0.2, 0.25) is 0 Å². The van der Waals surface area contributed by atoms with Crippen molar-refractivity contribution in [2.24, 2.45) is 0 Å². The molecule has 0 aliphatic rings. The van der Waals surface area contributed by atoms with Gasteiger partial charge in [-0.25, -0.2) is 0 Å². The van der Waals surface area contributed by atoms with E-state index in [4.69, 9.17) is 4.74 Å². The van der Waals surface area contributed by atoms with Crippen LogP contribution in [-0.4, -0.2) is 31.0 Å². The van der Waals surface area contributed by atoms with E-state index in [-0.39, 0.29) is 16.9 Å². The second kappa shape index (κ2) is 9.90. The molecule has 0 fully saturated rings. The molecule has 0 radical (unpaired) electrons. The molecule has 0 unspecified atom stereocenters. The van der Waals surface area contributed by atoms with Gasteiger partial charge in [0, 0.05) is 18.8 Å². The molecule has 2 aromatic rings. The van der Waals surface area contributed by atoms with Gasteiger partial charge in [-0.15, -0.1) is 0 Å². The van der Waals surface area contributed by atoms with E-state index in [1.807, 2.05) is 30.3 Å². The molecule has 0 aliphatic carbocycles. The van der Waals surface area contributed by atoms with Gasteiger partial charge in [-0.1, -0.05) is 12.1 Å². The normalized spacial score (nSPS) is 10.8. The Balaban J connectivity index is 2.25. The Morgan fingerprint density at radius 2 is 1.90 bits per heavy atom. The van der Waals surface area contributed by atoms with Crippen LogP contribution in [0, 0.1) is 21.4 Å². The first kappa shape index (κ1) is 21.4. The minimum atomic E-state index is -0.728. The SMILES string of the molecule is CCN(CC)c1ccc(C=C(C#N)C(=O)Nc2ccc(OC)cc2[N+](=O)[O-])cc1. The van der Waals surface area contributed by atoms with E-state index in [2.05, 4.69) is 24.1 Å². The third-order valence-corrected chi connectivity index (χ3v) is 4.35. The lowest BCUT2D eigenvalue weighted by atomic mass is 10.1. The van der Waals surface area contributed by atoms with Gasteiger partial charge in [-0.3, -0.25) is 14.9 Å². The van der Waals surface area contributed by atoms with Crippen molar-refractivity contribution in [1.82, 2.24) is 0 Å². The number of carbonyl (C=O) groups is 1. The average molecular weight is 394 g/mol. The Morgan fingerprint density at radius 3 is 2.41 bits per heavy atom. The molecule has 1 N–H and O–H groups in total. The van der Waals surface area contributed by atoms with E-state index in [0.29, 0.717) is 11.3 Å². The summed E-state index contributed by atoms with van der Waals surface area (Å²) in [5, 5.41) is 23.1. The molecule has 8 heteroatoms. The molecule has 8 nitrogen and oxygen atoms in total. The highest BCUT2D eigenvalue weighted by molar-refractivity contribution is 6.10. The Hall–Kier alpha value is -3.86. The number of carbonyl (C=O) groups excluding carboxylic acids is 1. The highest BCUT2D eigenvalue weighted by Crippen LogP contribution is 2.29. The molecular weight excluding hydrogens is 372 g/mol. The van der Waals surface area contributed by atoms with Crippen LogP contribution in [0.5, 0.6) is 5.75 Å². The summed E-state index contributed by atoms with van der Waals surface area (Å²) in [7, 11) is 1.39. The summed E-state index contributed by atoms with van der Waals surface area (Å²) >= 11 is 0. The van der Waals surface area contributed by atoms with Crippen LogP contribution >= 0.6 is 0 Å². The number of benzene rings is 2. The average Bonchev–Trinajstić information content (AvgIpc) is 2.73. The van der Waals surface area contributed by atoms with E-state index >= 15 is 0 Å². The summed E-state index contributed by atoms with van der Waals surface area (Å²) in [6.07, 6.45) is 1.44. The first-order valence-corrected chi connectivity index (χ1v) is 9.04. The van der Waals surface area contributed by atoms with Crippen LogP contribution in [0.4, 0.5) is 17.1 Å².